The Morgan fingerprint density at radius 3 is 2.63 bits per heavy atom. The van der Waals surface area contributed by atoms with Crippen LogP contribution in [0.5, 0.6) is 0 Å². The molecule has 2 rings (SSSR count). The van der Waals surface area contributed by atoms with Gasteiger partial charge in [-0.05, 0) is 19.5 Å². The fourth-order valence-electron chi connectivity index (χ4n) is 2.31. The quantitative estimate of drug-likeness (QED) is 0.847. The summed E-state index contributed by atoms with van der Waals surface area (Å²) in [5, 5.41) is 13.0. The second-order valence-corrected chi connectivity index (χ2v) is 5.40. The highest BCUT2D eigenvalue weighted by molar-refractivity contribution is 4.91. The number of hydrogen-bond donors (Lipinski definition) is 1. The van der Waals surface area contributed by atoms with E-state index in [0.717, 1.165) is 51.5 Å². The predicted octanol–water partition coefficient (Wildman–Crippen LogP) is 0.693. The maximum atomic E-state index is 8.98. The van der Waals surface area contributed by atoms with E-state index in [2.05, 4.69) is 33.8 Å². The van der Waals surface area contributed by atoms with Crippen molar-refractivity contribution >= 4 is 0 Å². The van der Waals surface area contributed by atoms with Crippen LogP contribution in [-0.2, 0) is 6.54 Å². The summed E-state index contributed by atoms with van der Waals surface area (Å²) in [6.45, 7) is 9.96. The molecule has 6 nitrogen and oxygen atoms in total. The monoisotopic (exact) mass is 268 g/mol. The molecule has 0 atom stereocenters. The van der Waals surface area contributed by atoms with Gasteiger partial charge in [0.15, 0.2) is 5.82 Å². The van der Waals surface area contributed by atoms with Crippen molar-refractivity contribution in [1.29, 1.82) is 0 Å². The summed E-state index contributed by atoms with van der Waals surface area (Å²) in [7, 11) is 0. The number of aliphatic hydroxyl groups is 1. The van der Waals surface area contributed by atoms with Crippen LogP contribution in [0.3, 0.4) is 0 Å². The SMILES string of the molecule is CC(C)c1nc(CN2CCCN(CCO)CC2)no1. The highest BCUT2D eigenvalue weighted by Gasteiger charge is 2.17. The lowest BCUT2D eigenvalue weighted by Gasteiger charge is -2.19. The molecule has 0 bridgehead atoms. The summed E-state index contributed by atoms with van der Waals surface area (Å²) in [6.07, 6.45) is 1.12. The van der Waals surface area contributed by atoms with Gasteiger partial charge in [-0.1, -0.05) is 19.0 Å². The first-order chi connectivity index (χ1) is 9.19. The molecule has 1 N–H and O–H groups in total. The highest BCUT2D eigenvalue weighted by atomic mass is 16.5. The van der Waals surface area contributed by atoms with Crippen LogP contribution in [0.4, 0.5) is 0 Å². The molecule has 1 fully saturated rings. The van der Waals surface area contributed by atoms with E-state index in [1.54, 1.807) is 0 Å². The molecular formula is C13H24N4O2. The average Bonchev–Trinajstić information content (AvgIpc) is 2.73. The highest BCUT2D eigenvalue weighted by Crippen LogP contribution is 2.12. The molecule has 1 aliphatic rings. The number of aliphatic hydroxyl groups excluding tert-OH is 1. The van der Waals surface area contributed by atoms with E-state index in [9.17, 15) is 0 Å². The third-order valence-corrected chi connectivity index (χ3v) is 3.44. The minimum atomic E-state index is 0.239. The van der Waals surface area contributed by atoms with Crippen LogP contribution in [0.1, 0.15) is 37.9 Å². The minimum Gasteiger partial charge on any atom is -0.395 e. The Labute approximate surface area is 114 Å². The normalized spacial score (nSPS) is 18.9. The van der Waals surface area contributed by atoms with Gasteiger partial charge < -0.3 is 9.63 Å². The average molecular weight is 268 g/mol. The van der Waals surface area contributed by atoms with Gasteiger partial charge in [0, 0.05) is 25.6 Å². The Hall–Kier alpha value is -0.980. The summed E-state index contributed by atoms with van der Waals surface area (Å²) in [5.41, 5.74) is 0. The first-order valence-corrected chi connectivity index (χ1v) is 7.07. The summed E-state index contributed by atoms with van der Waals surface area (Å²) < 4.78 is 5.23. The molecule has 2 heterocycles. The van der Waals surface area contributed by atoms with Crippen molar-refractivity contribution in [2.24, 2.45) is 0 Å². The van der Waals surface area contributed by atoms with Crippen molar-refractivity contribution in [3.05, 3.63) is 11.7 Å². The molecule has 19 heavy (non-hydrogen) atoms. The summed E-state index contributed by atoms with van der Waals surface area (Å²) >= 11 is 0. The lowest BCUT2D eigenvalue weighted by atomic mass is 10.2. The van der Waals surface area contributed by atoms with Crippen LogP contribution in [0.15, 0.2) is 4.52 Å². The van der Waals surface area contributed by atoms with Gasteiger partial charge in [-0.3, -0.25) is 9.80 Å². The van der Waals surface area contributed by atoms with Gasteiger partial charge in [0.25, 0.3) is 0 Å². The topological polar surface area (TPSA) is 65.6 Å². The molecule has 0 unspecified atom stereocenters. The maximum absolute atomic E-state index is 8.98. The number of β-amino-alcohol motifs (C(OH)–C–C–N with tert-alkyl or cyclic N) is 1. The lowest BCUT2D eigenvalue weighted by Crippen LogP contribution is -2.32. The fourth-order valence-corrected chi connectivity index (χ4v) is 2.31. The number of rotatable bonds is 5. The van der Waals surface area contributed by atoms with Crippen molar-refractivity contribution in [2.75, 3.05) is 39.3 Å². The zero-order valence-electron chi connectivity index (χ0n) is 11.9. The number of hydrogen-bond acceptors (Lipinski definition) is 6. The van der Waals surface area contributed by atoms with Crippen LogP contribution in [-0.4, -0.2) is 64.4 Å². The number of aromatic nitrogens is 2. The molecule has 0 aliphatic carbocycles. The summed E-state index contributed by atoms with van der Waals surface area (Å²) in [5.74, 6) is 1.77. The van der Waals surface area contributed by atoms with Crippen LogP contribution >= 0.6 is 0 Å². The number of nitrogens with zero attached hydrogens (tertiary/aromatic N) is 4. The van der Waals surface area contributed by atoms with E-state index in [0.29, 0.717) is 5.89 Å². The van der Waals surface area contributed by atoms with Crippen molar-refractivity contribution in [3.8, 4) is 0 Å². The second kappa shape index (κ2) is 6.98. The third-order valence-electron chi connectivity index (χ3n) is 3.44. The van der Waals surface area contributed by atoms with E-state index >= 15 is 0 Å². The van der Waals surface area contributed by atoms with Gasteiger partial charge in [-0.15, -0.1) is 0 Å². The fraction of sp³-hybridized carbons (Fsp3) is 0.846. The van der Waals surface area contributed by atoms with Gasteiger partial charge in [0.2, 0.25) is 5.89 Å². The van der Waals surface area contributed by atoms with Crippen LogP contribution in [0.2, 0.25) is 0 Å². The molecular weight excluding hydrogens is 244 g/mol. The van der Waals surface area contributed by atoms with Gasteiger partial charge in [0.05, 0.1) is 13.2 Å². The Morgan fingerprint density at radius 2 is 1.95 bits per heavy atom. The second-order valence-electron chi connectivity index (χ2n) is 5.40. The molecule has 6 heteroatoms. The predicted molar refractivity (Wildman–Crippen MR) is 71.8 cm³/mol. The molecule has 0 amide bonds. The van der Waals surface area contributed by atoms with Crippen molar-refractivity contribution in [1.82, 2.24) is 19.9 Å². The van der Waals surface area contributed by atoms with Gasteiger partial charge in [-0.2, -0.15) is 4.98 Å². The molecule has 1 saturated heterocycles. The molecule has 0 aromatic carbocycles. The Morgan fingerprint density at radius 1 is 1.21 bits per heavy atom. The first kappa shape index (κ1) is 14.4. The molecule has 1 aliphatic heterocycles. The standard InChI is InChI=1S/C13H24N4O2/c1-11(2)13-14-12(15-19-13)10-17-5-3-4-16(6-7-17)8-9-18/h11,18H,3-10H2,1-2H3. The van der Waals surface area contributed by atoms with E-state index in [1.807, 2.05) is 0 Å². The summed E-state index contributed by atoms with van der Waals surface area (Å²) in [6, 6.07) is 0. The zero-order valence-corrected chi connectivity index (χ0v) is 11.9. The lowest BCUT2D eigenvalue weighted by molar-refractivity contribution is 0.195. The van der Waals surface area contributed by atoms with Crippen LogP contribution in [0, 0.1) is 0 Å². The Bertz CT molecular complexity index is 380. The van der Waals surface area contributed by atoms with E-state index in [4.69, 9.17) is 9.63 Å². The van der Waals surface area contributed by atoms with E-state index < -0.39 is 0 Å². The molecule has 1 aromatic rings. The van der Waals surface area contributed by atoms with E-state index in [-0.39, 0.29) is 12.5 Å². The van der Waals surface area contributed by atoms with Crippen LogP contribution in [0.25, 0.3) is 0 Å². The molecule has 0 saturated carbocycles. The zero-order chi connectivity index (χ0) is 13.7. The smallest absolute Gasteiger partial charge is 0.229 e. The van der Waals surface area contributed by atoms with E-state index in [1.165, 1.54) is 0 Å². The minimum absolute atomic E-state index is 0.239. The van der Waals surface area contributed by atoms with Crippen molar-refractivity contribution in [3.63, 3.8) is 0 Å². The van der Waals surface area contributed by atoms with Gasteiger partial charge in [0.1, 0.15) is 0 Å². The maximum Gasteiger partial charge on any atom is 0.229 e. The summed E-state index contributed by atoms with van der Waals surface area (Å²) in [4.78, 5) is 9.07. The van der Waals surface area contributed by atoms with Gasteiger partial charge >= 0.3 is 0 Å². The third kappa shape index (κ3) is 4.26. The molecule has 108 valence electrons. The molecule has 0 spiro atoms. The van der Waals surface area contributed by atoms with Crippen molar-refractivity contribution < 1.29 is 9.63 Å². The Kier molecular flexibility index (Phi) is 5.30. The Balaban J connectivity index is 1.85. The molecule has 1 aromatic heterocycles. The molecule has 0 radical (unpaired) electrons. The first-order valence-electron chi connectivity index (χ1n) is 7.07. The van der Waals surface area contributed by atoms with Crippen molar-refractivity contribution in [2.45, 2.75) is 32.7 Å². The van der Waals surface area contributed by atoms with Crippen LogP contribution < -0.4 is 0 Å². The largest absolute Gasteiger partial charge is 0.395 e. The van der Waals surface area contributed by atoms with Gasteiger partial charge in [-0.25, -0.2) is 0 Å².